The second kappa shape index (κ2) is 4.97. The summed E-state index contributed by atoms with van der Waals surface area (Å²) in [7, 11) is 0. The maximum atomic E-state index is 10.3. The molecule has 0 saturated carbocycles. The quantitative estimate of drug-likeness (QED) is 0.404. The van der Waals surface area contributed by atoms with E-state index in [1.165, 1.54) is 38.1 Å². The average Bonchev–Trinajstić information content (AvgIpc) is 2.63. The maximum absolute atomic E-state index is 10.3. The molecule has 0 spiro atoms. The molecule has 0 heterocycles. The first-order valence-corrected chi connectivity index (χ1v) is 8.23. The molecule has 5 rings (SSSR count). The summed E-state index contributed by atoms with van der Waals surface area (Å²) in [5, 5.41) is 17.3. The standard InChI is InChI=1S/C23H16O/c24-21-12-10-17-14-18(13-15-5-2-1-3-6-15)19-8-4-7-16-9-11-20(21)23(17)22(16)19/h1-12,14,24H,13H2. The van der Waals surface area contributed by atoms with E-state index in [4.69, 9.17) is 0 Å². The third kappa shape index (κ3) is 1.88. The average molecular weight is 308 g/mol. The van der Waals surface area contributed by atoms with Gasteiger partial charge in [0.2, 0.25) is 0 Å². The molecule has 0 aliphatic heterocycles. The van der Waals surface area contributed by atoms with Gasteiger partial charge in [-0.15, -0.1) is 0 Å². The molecular formula is C23H16O. The lowest BCUT2D eigenvalue weighted by Gasteiger charge is -2.15. The highest BCUT2D eigenvalue weighted by atomic mass is 16.3. The molecule has 0 saturated heterocycles. The largest absolute Gasteiger partial charge is 0.507 e. The van der Waals surface area contributed by atoms with Gasteiger partial charge in [0.15, 0.2) is 0 Å². The van der Waals surface area contributed by atoms with Gasteiger partial charge in [0.1, 0.15) is 5.75 Å². The Hall–Kier alpha value is -3.06. The van der Waals surface area contributed by atoms with Crippen LogP contribution in [0.15, 0.2) is 78.9 Å². The lowest BCUT2D eigenvalue weighted by molar-refractivity contribution is 0.482. The molecule has 24 heavy (non-hydrogen) atoms. The van der Waals surface area contributed by atoms with E-state index in [0.717, 1.165) is 11.8 Å². The molecule has 0 unspecified atom stereocenters. The lowest BCUT2D eigenvalue weighted by Crippen LogP contribution is -1.93. The summed E-state index contributed by atoms with van der Waals surface area (Å²) >= 11 is 0. The zero-order chi connectivity index (χ0) is 16.1. The Bertz CT molecular complexity index is 1170. The van der Waals surface area contributed by atoms with Crippen LogP contribution in [0.5, 0.6) is 5.75 Å². The van der Waals surface area contributed by atoms with Crippen LogP contribution in [0.2, 0.25) is 0 Å². The second-order valence-electron chi connectivity index (χ2n) is 6.40. The number of hydrogen-bond donors (Lipinski definition) is 1. The van der Waals surface area contributed by atoms with Gasteiger partial charge in [0, 0.05) is 10.8 Å². The molecule has 1 nitrogen and oxygen atoms in total. The molecular weight excluding hydrogens is 292 g/mol. The summed E-state index contributed by atoms with van der Waals surface area (Å²) in [5.41, 5.74) is 2.65. The third-order valence-electron chi connectivity index (χ3n) is 4.94. The van der Waals surface area contributed by atoms with Gasteiger partial charge < -0.3 is 5.11 Å². The molecule has 1 N–H and O–H groups in total. The van der Waals surface area contributed by atoms with Crippen LogP contribution in [0.4, 0.5) is 0 Å². The van der Waals surface area contributed by atoms with Crippen molar-refractivity contribution in [2.75, 3.05) is 0 Å². The van der Waals surface area contributed by atoms with Gasteiger partial charge >= 0.3 is 0 Å². The molecule has 0 aliphatic carbocycles. The number of phenols is 1. The Labute approximate surface area is 140 Å². The zero-order valence-electron chi connectivity index (χ0n) is 13.2. The Morgan fingerprint density at radius 2 is 1.42 bits per heavy atom. The fourth-order valence-corrected chi connectivity index (χ4v) is 3.85. The minimum Gasteiger partial charge on any atom is -0.507 e. The summed E-state index contributed by atoms with van der Waals surface area (Å²) in [6.07, 6.45) is 0.913. The van der Waals surface area contributed by atoms with Crippen molar-refractivity contribution in [1.82, 2.24) is 0 Å². The van der Waals surface area contributed by atoms with Crippen molar-refractivity contribution in [3.05, 3.63) is 90.0 Å². The molecule has 0 aromatic heterocycles. The molecule has 0 atom stereocenters. The number of hydrogen-bond acceptors (Lipinski definition) is 1. The molecule has 5 aromatic rings. The fraction of sp³-hybridized carbons (Fsp3) is 0.0435. The van der Waals surface area contributed by atoms with E-state index in [0.29, 0.717) is 5.75 Å². The molecule has 0 radical (unpaired) electrons. The minimum atomic E-state index is 0.352. The van der Waals surface area contributed by atoms with Crippen molar-refractivity contribution >= 4 is 32.3 Å². The van der Waals surface area contributed by atoms with E-state index in [9.17, 15) is 5.11 Å². The Kier molecular flexibility index (Phi) is 2.77. The molecule has 0 bridgehead atoms. The predicted molar refractivity (Wildman–Crippen MR) is 101 cm³/mol. The fourth-order valence-electron chi connectivity index (χ4n) is 3.85. The van der Waals surface area contributed by atoms with Gasteiger partial charge in [-0.2, -0.15) is 0 Å². The van der Waals surface area contributed by atoms with E-state index in [2.05, 4.69) is 60.7 Å². The van der Waals surface area contributed by atoms with Crippen LogP contribution in [0, 0.1) is 0 Å². The van der Waals surface area contributed by atoms with Gasteiger partial charge in [-0.1, -0.05) is 72.8 Å². The third-order valence-corrected chi connectivity index (χ3v) is 4.94. The van der Waals surface area contributed by atoms with Crippen molar-refractivity contribution in [3.8, 4) is 5.75 Å². The highest BCUT2D eigenvalue weighted by molar-refractivity contribution is 6.24. The highest BCUT2D eigenvalue weighted by Gasteiger charge is 2.13. The Balaban J connectivity index is 1.90. The van der Waals surface area contributed by atoms with E-state index in [1.54, 1.807) is 6.07 Å². The van der Waals surface area contributed by atoms with Gasteiger partial charge in [-0.05, 0) is 45.2 Å². The van der Waals surface area contributed by atoms with Crippen LogP contribution in [-0.4, -0.2) is 5.11 Å². The van der Waals surface area contributed by atoms with E-state index in [-0.39, 0.29) is 0 Å². The number of aromatic hydroxyl groups is 1. The van der Waals surface area contributed by atoms with Crippen LogP contribution in [0.1, 0.15) is 11.1 Å². The van der Waals surface area contributed by atoms with E-state index >= 15 is 0 Å². The predicted octanol–water partition coefficient (Wildman–Crippen LogP) is 5.88. The smallest absolute Gasteiger partial charge is 0.123 e. The summed E-state index contributed by atoms with van der Waals surface area (Å²) < 4.78 is 0. The van der Waals surface area contributed by atoms with Gasteiger partial charge in [-0.25, -0.2) is 0 Å². The summed E-state index contributed by atoms with van der Waals surface area (Å²) in [6, 6.07) is 27.3. The topological polar surface area (TPSA) is 20.2 Å². The van der Waals surface area contributed by atoms with Crippen LogP contribution >= 0.6 is 0 Å². The van der Waals surface area contributed by atoms with Gasteiger partial charge in [0.25, 0.3) is 0 Å². The van der Waals surface area contributed by atoms with Crippen molar-refractivity contribution < 1.29 is 5.11 Å². The first-order valence-electron chi connectivity index (χ1n) is 8.23. The lowest BCUT2D eigenvalue weighted by atomic mass is 9.89. The molecule has 0 amide bonds. The summed E-state index contributed by atoms with van der Waals surface area (Å²) in [6.45, 7) is 0. The zero-order valence-corrected chi connectivity index (χ0v) is 13.2. The van der Waals surface area contributed by atoms with Crippen molar-refractivity contribution in [1.29, 1.82) is 0 Å². The molecule has 114 valence electrons. The van der Waals surface area contributed by atoms with Crippen molar-refractivity contribution in [2.45, 2.75) is 6.42 Å². The minimum absolute atomic E-state index is 0.352. The summed E-state index contributed by atoms with van der Waals surface area (Å²) in [5.74, 6) is 0.352. The number of phenolic OH excluding ortho intramolecular Hbond substituents is 1. The number of benzene rings is 5. The summed E-state index contributed by atoms with van der Waals surface area (Å²) in [4.78, 5) is 0. The molecule has 5 aromatic carbocycles. The van der Waals surface area contributed by atoms with Crippen molar-refractivity contribution in [2.24, 2.45) is 0 Å². The normalized spacial score (nSPS) is 11.7. The Morgan fingerprint density at radius 1 is 0.625 bits per heavy atom. The van der Waals surface area contributed by atoms with Gasteiger partial charge in [-0.3, -0.25) is 0 Å². The van der Waals surface area contributed by atoms with E-state index in [1.807, 2.05) is 12.1 Å². The van der Waals surface area contributed by atoms with Crippen molar-refractivity contribution in [3.63, 3.8) is 0 Å². The molecule has 1 heteroatoms. The highest BCUT2D eigenvalue weighted by Crippen LogP contribution is 2.40. The maximum Gasteiger partial charge on any atom is 0.123 e. The monoisotopic (exact) mass is 308 g/mol. The molecule has 0 fully saturated rings. The van der Waals surface area contributed by atoms with Crippen LogP contribution in [0.3, 0.4) is 0 Å². The SMILES string of the molecule is Oc1ccc2cc(Cc3ccccc3)c3cccc4ccc1c2c43. The second-order valence-corrected chi connectivity index (χ2v) is 6.40. The number of rotatable bonds is 2. The van der Waals surface area contributed by atoms with Crippen LogP contribution < -0.4 is 0 Å². The van der Waals surface area contributed by atoms with Crippen LogP contribution in [0.25, 0.3) is 32.3 Å². The Morgan fingerprint density at radius 3 is 2.29 bits per heavy atom. The van der Waals surface area contributed by atoms with Crippen LogP contribution in [-0.2, 0) is 6.42 Å². The first kappa shape index (κ1) is 13.4. The van der Waals surface area contributed by atoms with E-state index < -0.39 is 0 Å². The molecule has 0 aliphatic rings. The first-order chi connectivity index (χ1) is 11.8. The van der Waals surface area contributed by atoms with Gasteiger partial charge in [0.05, 0.1) is 0 Å².